The molecule has 1 saturated heterocycles. The van der Waals surface area contributed by atoms with Gasteiger partial charge in [0, 0.05) is 44.3 Å². The third-order valence-electron chi connectivity index (χ3n) is 3.55. The third kappa shape index (κ3) is 5.17. The van der Waals surface area contributed by atoms with Gasteiger partial charge in [0.2, 0.25) is 5.91 Å². The first-order chi connectivity index (χ1) is 10.1. The van der Waals surface area contributed by atoms with E-state index in [2.05, 4.69) is 27.8 Å². The van der Waals surface area contributed by atoms with E-state index in [1.54, 1.807) is 12.1 Å². The van der Waals surface area contributed by atoms with Crippen molar-refractivity contribution in [3.8, 4) is 0 Å². The lowest BCUT2D eigenvalue weighted by atomic mass is 10.2. The predicted molar refractivity (Wildman–Crippen MR) is 82.1 cm³/mol. The summed E-state index contributed by atoms with van der Waals surface area (Å²) in [5, 5.41) is 8.28. The van der Waals surface area contributed by atoms with Gasteiger partial charge in [-0.3, -0.25) is 15.0 Å². The first-order valence-corrected chi connectivity index (χ1v) is 7.26. The molecular weight excluding hydrogens is 268 g/mol. The molecule has 0 saturated carbocycles. The largest absolute Gasteiger partial charge is 0.325 e. The quantitative estimate of drug-likeness (QED) is 0.774. The van der Waals surface area contributed by atoms with Gasteiger partial charge in [-0.2, -0.15) is 0 Å². The van der Waals surface area contributed by atoms with Crippen molar-refractivity contribution in [3.05, 3.63) is 30.3 Å². The van der Waals surface area contributed by atoms with E-state index in [0.29, 0.717) is 24.7 Å². The number of nitrogens with zero attached hydrogens (tertiary/aromatic N) is 1. The number of piperazine rings is 1. The van der Waals surface area contributed by atoms with Crippen LogP contribution < -0.4 is 16.0 Å². The molecular formula is C15H22N4O2. The van der Waals surface area contributed by atoms with Crippen molar-refractivity contribution >= 4 is 17.6 Å². The van der Waals surface area contributed by atoms with Gasteiger partial charge in [0.25, 0.3) is 0 Å². The smallest absolute Gasteiger partial charge is 0.314 e. The van der Waals surface area contributed by atoms with Gasteiger partial charge in [0.1, 0.15) is 0 Å². The van der Waals surface area contributed by atoms with Gasteiger partial charge in [-0.25, -0.2) is 4.79 Å². The number of nitrogens with one attached hydrogen (secondary N) is 3. The van der Waals surface area contributed by atoms with E-state index in [0.717, 1.165) is 19.6 Å². The normalized spacial score (nSPS) is 19.0. The van der Waals surface area contributed by atoms with Gasteiger partial charge in [0.05, 0.1) is 0 Å². The molecule has 3 N–H and O–H groups in total. The van der Waals surface area contributed by atoms with Crippen LogP contribution in [0.2, 0.25) is 0 Å². The minimum atomic E-state index is -0.487. The van der Waals surface area contributed by atoms with Crippen LogP contribution in [0, 0.1) is 0 Å². The number of urea groups is 1. The molecule has 1 aromatic rings. The maximum Gasteiger partial charge on any atom is 0.325 e. The zero-order valence-electron chi connectivity index (χ0n) is 12.3. The van der Waals surface area contributed by atoms with Crippen molar-refractivity contribution in [2.75, 3.05) is 31.5 Å². The summed E-state index contributed by atoms with van der Waals surface area (Å²) in [6, 6.07) is 8.98. The topological polar surface area (TPSA) is 73.5 Å². The molecule has 0 aliphatic carbocycles. The number of hydrogen-bond donors (Lipinski definition) is 3. The number of amides is 3. The molecule has 0 unspecified atom stereocenters. The molecule has 114 valence electrons. The Bertz CT molecular complexity index is 478. The van der Waals surface area contributed by atoms with Crippen molar-refractivity contribution < 1.29 is 9.59 Å². The summed E-state index contributed by atoms with van der Waals surface area (Å²) in [7, 11) is 0. The van der Waals surface area contributed by atoms with E-state index in [-0.39, 0.29) is 5.91 Å². The molecule has 21 heavy (non-hydrogen) atoms. The monoisotopic (exact) mass is 290 g/mol. The second kappa shape index (κ2) is 7.75. The Morgan fingerprint density at radius 3 is 2.81 bits per heavy atom. The zero-order valence-corrected chi connectivity index (χ0v) is 12.3. The first-order valence-electron chi connectivity index (χ1n) is 7.26. The summed E-state index contributed by atoms with van der Waals surface area (Å²) in [4.78, 5) is 25.7. The molecule has 0 spiro atoms. The SMILES string of the molecule is C[C@H]1CNCCN1CCC(=O)NC(=O)Nc1ccccc1. The van der Waals surface area contributed by atoms with E-state index < -0.39 is 6.03 Å². The highest BCUT2D eigenvalue weighted by Gasteiger charge is 2.18. The number of hydrogen-bond acceptors (Lipinski definition) is 4. The van der Waals surface area contributed by atoms with Crippen LogP contribution >= 0.6 is 0 Å². The lowest BCUT2D eigenvalue weighted by Gasteiger charge is -2.33. The van der Waals surface area contributed by atoms with Gasteiger partial charge in [-0.05, 0) is 19.1 Å². The van der Waals surface area contributed by atoms with Crippen LogP contribution in [0.4, 0.5) is 10.5 Å². The first kappa shape index (κ1) is 15.5. The average molecular weight is 290 g/mol. The highest BCUT2D eigenvalue weighted by atomic mass is 16.2. The second-order valence-electron chi connectivity index (χ2n) is 5.21. The standard InChI is InChI=1S/C15H22N4O2/c1-12-11-16-8-10-19(12)9-7-14(20)18-15(21)17-13-5-3-2-4-6-13/h2-6,12,16H,7-11H2,1H3,(H2,17,18,20,21)/t12-/m0/s1. The van der Waals surface area contributed by atoms with Gasteiger partial charge >= 0.3 is 6.03 Å². The minimum absolute atomic E-state index is 0.255. The fourth-order valence-electron chi connectivity index (χ4n) is 2.33. The Labute approximate surface area is 124 Å². The van der Waals surface area contributed by atoms with E-state index in [1.807, 2.05) is 18.2 Å². The highest BCUT2D eigenvalue weighted by molar-refractivity contribution is 6.01. The van der Waals surface area contributed by atoms with Crippen molar-refractivity contribution in [3.63, 3.8) is 0 Å². The maximum atomic E-state index is 11.8. The van der Waals surface area contributed by atoms with Crippen molar-refractivity contribution in [2.45, 2.75) is 19.4 Å². The molecule has 1 fully saturated rings. The van der Waals surface area contributed by atoms with Crippen LogP contribution in [-0.4, -0.2) is 49.1 Å². The maximum absolute atomic E-state index is 11.8. The third-order valence-corrected chi connectivity index (χ3v) is 3.55. The summed E-state index contributed by atoms with van der Waals surface area (Å²) in [6.07, 6.45) is 0.326. The average Bonchev–Trinajstić information content (AvgIpc) is 2.47. The van der Waals surface area contributed by atoms with Crippen molar-refractivity contribution in [1.29, 1.82) is 0 Å². The van der Waals surface area contributed by atoms with E-state index in [9.17, 15) is 9.59 Å². The molecule has 1 aliphatic heterocycles. The molecule has 2 rings (SSSR count). The van der Waals surface area contributed by atoms with Crippen molar-refractivity contribution in [1.82, 2.24) is 15.5 Å². The van der Waals surface area contributed by atoms with E-state index >= 15 is 0 Å². The van der Waals surface area contributed by atoms with Gasteiger partial charge in [-0.1, -0.05) is 18.2 Å². The number of carbonyl (C=O) groups is 2. The molecule has 1 aliphatic rings. The van der Waals surface area contributed by atoms with Crippen LogP contribution in [0.15, 0.2) is 30.3 Å². The molecule has 6 heteroatoms. The minimum Gasteiger partial charge on any atom is -0.314 e. The Morgan fingerprint density at radius 2 is 2.10 bits per heavy atom. The van der Waals surface area contributed by atoms with Gasteiger partial charge < -0.3 is 10.6 Å². The lowest BCUT2D eigenvalue weighted by molar-refractivity contribution is -0.120. The van der Waals surface area contributed by atoms with E-state index in [1.165, 1.54) is 0 Å². The number of carbonyl (C=O) groups excluding carboxylic acids is 2. The fourth-order valence-corrected chi connectivity index (χ4v) is 2.33. The van der Waals surface area contributed by atoms with Gasteiger partial charge in [0.15, 0.2) is 0 Å². The molecule has 0 aromatic heterocycles. The summed E-state index contributed by atoms with van der Waals surface area (Å²) in [6.45, 7) is 5.63. The Hall–Kier alpha value is -1.92. The lowest BCUT2D eigenvalue weighted by Crippen LogP contribution is -2.50. The Balaban J connectivity index is 1.70. The molecule has 1 aromatic carbocycles. The number of para-hydroxylation sites is 1. The second-order valence-corrected chi connectivity index (χ2v) is 5.21. The van der Waals surface area contributed by atoms with Crippen LogP contribution in [0.5, 0.6) is 0 Å². The number of anilines is 1. The summed E-state index contributed by atoms with van der Waals surface area (Å²) in [5.41, 5.74) is 0.665. The molecule has 1 atom stereocenters. The molecule has 1 heterocycles. The number of benzene rings is 1. The molecule has 0 bridgehead atoms. The Kier molecular flexibility index (Phi) is 5.71. The van der Waals surface area contributed by atoms with E-state index in [4.69, 9.17) is 0 Å². The van der Waals surface area contributed by atoms with Crippen LogP contribution in [0.3, 0.4) is 0 Å². The highest BCUT2D eigenvalue weighted by Crippen LogP contribution is 2.05. The summed E-state index contributed by atoms with van der Waals surface area (Å²) < 4.78 is 0. The number of rotatable bonds is 4. The summed E-state index contributed by atoms with van der Waals surface area (Å²) >= 11 is 0. The molecule has 3 amide bonds. The summed E-state index contributed by atoms with van der Waals surface area (Å²) in [5.74, 6) is -0.255. The van der Waals surface area contributed by atoms with Crippen LogP contribution in [0.1, 0.15) is 13.3 Å². The fraction of sp³-hybridized carbons (Fsp3) is 0.467. The number of imide groups is 1. The molecule has 0 radical (unpaired) electrons. The Morgan fingerprint density at radius 1 is 1.33 bits per heavy atom. The van der Waals surface area contributed by atoms with Gasteiger partial charge in [-0.15, -0.1) is 0 Å². The molecule has 6 nitrogen and oxygen atoms in total. The van der Waals surface area contributed by atoms with Crippen molar-refractivity contribution in [2.24, 2.45) is 0 Å². The predicted octanol–water partition coefficient (Wildman–Crippen LogP) is 1.02. The van der Waals surface area contributed by atoms with Crippen LogP contribution in [0.25, 0.3) is 0 Å². The van der Waals surface area contributed by atoms with Crippen LogP contribution in [-0.2, 0) is 4.79 Å². The zero-order chi connectivity index (χ0) is 15.1.